The normalized spacial score (nSPS) is 18.7. The summed E-state index contributed by atoms with van der Waals surface area (Å²) in [5, 5.41) is 0. The molecular weight excluding hydrogens is 292 g/mol. The Kier molecular flexibility index (Phi) is 3.66. The van der Waals surface area contributed by atoms with Gasteiger partial charge in [-0.1, -0.05) is 29.8 Å². The molecule has 3 nitrogen and oxygen atoms in total. The molecule has 0 aliphatic carbocycles. The van der Waals surface area contributed by atoms with Gasteiger partial charge in [0.15, 0.2) is 0 Å². The van der Waals surface area contributed by atoms with E-state index in [1.165, 1.54) is 0 Å². The maximum Gasteiger partial charge on any atom is 0.253 e. The molecule has 2 N–H and O–H groups in total. The van der Waals surface area contributed by atoms with E-state index in [0.717, 1.165) is 30.4 Å². The molecule has 1 saturated heterocycles. The van der Waals surface area contributed by atoms with Crippen LogP contribution in [0.4, 0.5) is 5.69 Å². The Morgan fingerprint density at radius 2 is 1.89 bits per heavy atom. The number of nitrogens with two attached hydrogens (primary N) is 1. The predicted octanol–water partition coefficient (Wildman–Crippen LogP) is 3.29. The largest absolute Gasteiger partial charge is 0.399 e. The highest BCUT2D eigenvalue weighted by Crippen LogP contribution is 2.30. The van der Waals surface area contributed by atoms with Crippen molar-refractivity contribution in [3.8, 4) is 0 Å². The number of carbonyl (C=O) groups excluding carboxylic acids is 1. The highest BCUT2D eigenvalue weighted by atomic mass is 79.9. The highest BCUT2D eigenvalue weighted by Gasteiger charge is 2.28. The number of hydrogen-bond acceptors (Lipinski definition) is 2. The van der Waals surface area contributed by atoms with Gasteiger partial charge in [0, 0.05) is 28.8 Å². The number of nitrogen functional groups attached to an aromatic ring is 1. The van der Waals surface area contributed by atoms with Gasteiger partial charge in [-0.3, -0.25) is 4.79 Å². The third-order valence-corrected chi connectivity index (χ3v) is 4.03. The van der Waals surface area contributed by atoms with Crippen LogP contribution in [0.5, 0.6) is 0 Å². The Balaban J connectivity index is 2.12. The van der Waals surface area contributed by atoms with Crippen molar-refractivity contribution < 1.29 is 4.79 Å². The number of nitrogens with zero attached hydrogens (tertiary/aromatic N) is 1. The number of carbonyl (C=O) groups is 1. The standard InChI is InChI=1S/C14H19BrN2O/c1-14(2)3-5-17(6-4-14)13(18)10-7-11(15)9-12(16)8-10/h7-9H,3-6,16H2,1-2H3. The second kappa shape index (κ2) is 4.92. The summed E-state index contributed by atoms with van der Waals surface area (Å²) in [5.74, 6) is 0.0819. The smallest absolute Gasteiger partial charge is 0.253 e. The molecule has 0 aromatic heterocycles. The molecule has 1 heterocycles. The predicted molar refractivity (Wildman–Crippen MR) is 77.5 cm³/mol. The fourth-order valence-corrected chi connectivity index (χ4v) is 2.74. The first-order valence-corrected chi connectivity index (χ1v) is 7.02. The van der Waals surface area contributed by atoms with E-state index >= 15 is 0 Å². The molecule has 0 saturated carbocycles. The zero-order chi connectivity index (χ0) is 13.3. The highest BCUT2D eigenvalue weighted by molar-refractivity contribution is 9.10. The number of likely N-dealkylation sites (tertiary alicyclic amines) is 1. The van der Waals surface area contributed by atoms with Gasteiger partial charge in [0.05, 0.1) is 0 Å². The number of piperidine rings is 1. The molecular formula is C14H19BrN2O. The Morgan fingerprint density at radius 1 is 1.28 bits per heavy atom. The van der Waals surface area contributed by atoms with Crippen LogP contribution in [0, 0.1) is 5.41 Å². The summed E-state index contributed by atoms with van der Waals surface area (Å²) in [6, 6.07) is 5.38. The molecule has 0 radical (unpaired) electrons. The fraction of sp³-hybridized carbons (Fsp3) is 0.500. The maximum absolute atomic E-state index is 12.4. The van der Waals surface area contributed by atoms with Gasteiger partial charge in [0.2, 0.25) is 0 Å². The molecule has 1 aliphatic heterocycles. The van der Waals surface area contributed by atoms with E-state index in [2.05, 4.69) is 29.8 Å². The lowest BCUT2D eigenvalue weighted by atomic mass is 9.82. The molecule has 1 aliphatic rings. The van der Waals surface area contributed by atoms with Gasteiger partial charge in [-0.05, 0) is 36.5 Å². The average Bonchev–Trinajstić information content (AvgIpc) is 2.27. The first-order valence-electron chi connectivity index (χ1n) is 6.23. The lowest BCUT2D eigenvalue weighted by Gasteiger charge is -2.37. The van der Waals surface area contributed by atoms with Gasteiger partial charge in [-0.15, -0.1) is 0 Å². The summed E-state index contributed by atoms with van der Waals surface area (Å²) in [6.07, 6.45) is 2.12. The average molecular weight is 311 g/mol. The molecule has 18 heavy (non-hydrogen) atoms. The maximum atomic E-state index is 12.4. The molecule has 1 aromatic rings. The minimum Gasteiger partial charge on any atom is -0.399 e. The lowest BCUT2D eigenvalue weighted by Crippen LogP contribution is -2.41. The summed E-state index contributed by atoms with van der Waals surface area (Å²) < 4.78 is 0.850. The topological polar surface area (TPSA) is 46.3 Å². The quantitative estimate of drug-likeness (QED) is 0.809. The van der Waals surface area contributed by atoms with Crippen LogP contribution >= 0.6 is 15.9 Å². The van der Waals surface area contributed by atoms with Crippen molar-refractivity contribution in [1.82, 2.24) is 4.90 Å². The SMILES string of the molecule is CC1(C)CCN(C(=O)c2cc(N)cc(Br)c2)CC1. The number of hydrogen-bond donors (Lipinski definition) is 1. The third kappa shape index (κ3) is 3.05. The molecule has 98 valence electrons. The van der Waals surface area contributed by atoms with E-state index < -0.39 is 0 Å². The van der Waals surface area contributed by atoms with Gasteiger partial charge in [0.25, 0.3) is 5.91 Å². The molecule has 1 amide bonds. The molecule has 4 heteroatoms. The van der Waals surface area contributed by atoms with Crippen LogP contribution in [0.3, 0.4) is 0 Å². The van der Waals surface area contributed by atoms with Crippen LogP contribution in [0.1, 0.15) is 37.0 Å². The summed E-state index contributed by atoms with van der Waals surface area (Å²) in [4.78, 5) is 14.3. The van der Waals surface area contributed by atoms with E-state index in [1.807, 2.05) is 11.0 Å². The van der Waals surface area contributed by atoms with E-state index in [1.54, 1.807) is 12.1 Å². The monoisotopic (exact) mass is 310 g/mol. The van der Waals surface area contributed by atoms with Crippen molar-refractivity contribution in [2.45, 2.75) is 26.7 Å². The van der Waals surface area contributed by atoms with Crippen LogP contribution in [-0.4, -0.2) is 23.9 Å². The third-order valence-electron chi connectivity index (χ3n) is 3.57. The van der Waals surface area contributed by atoms with Crippen molar-refractivity contribution in [2.75, 3.05) is 18.8 Å². The lowest BCUT2D eigenvalue weighted by molar-refractivity contribution is 0.0630. The Hall–Kier alpha value is -1.03. The van der Waals surface area contributed by atoms with Crippen molar-refractivity contribution in [1.29, 1.82) is 0 Å². The van der Waals surface area contributed by atoms with Gasteiger partial charge in [-0.25, -0.2) is 0 Å². The number of halogens is 1. The second-order valence-corrected chi connectivity index (χ2v) is 6.65. The van der Waals surface area contributed by atoms with E-state index in [0.29, 0.717) is 16.7 Å². The zero-order valence-electron chi connectivity index (χ0n) is 10.9. The fourth-order valence-electron chi connectivity index (χ4n) is 2.23. The van der Waals surface area contributed by atoms with Crippen molar-refractivity contribution in [2.24, 2.45) is 5.41 Å². The molecule has 0 bridgehead atoms. The van der Waals surface area contributed by atoms with Crippen molar-refractivity contribution in [3.05, 3.63) is 28.2 Å². The Bertz CT molecular complexity index is 441. The number of anilines is 1. The molecule has 0 unspecified atom stereocenters. The summed E-state index contributed by atoms with van der Waals surface area (Å²) in [6.45, 7) is 6.17. The van der Waals surface area contributed by atoms with E-state index in [9.17, 15) is 4.79 Å². The first-order chi connectivity index (χ1) is 8.37. The second-order valence-electron chi connectivity index (χ2n) is 5.73. The number of rotatable bonds is 1. The minimum atomic E-state index is 0.0819. The molecule has 1 aromatic carbocycles. The van der Waals surface area contributed by atoms with Gasteiger partial charge >= 0.3 is 0 Å². The van der Waals surface area contributed by atoms with Crippen molar-refractivity contribution in [3.63, 3.8) is 0 Å². The summed E-state index contributed by atoms with van der Waals surface area (Å²) in [7, 11) is 0. The first kappa shape index (κ1) is 13.4. The number of amides is 1. The van der Waals surface area contributed by atoms with Crippen LogP contribution < -0.4 is 5.73 Å². The Morgan fingerprint density at radius 3 is 2.44 bits per heavy atom. The number of benzene rings is 1. The van der Waals surface area contributed by atoms with Gasteiger partial charge in [-0.2, -0.15) is 0 Å². The Labute approximate surface area is 116 Å². The molecule has 1 fully saturated rings. The zero-order valence-corrected chi connectivity index (χ0v) is 12.5. The molecule has 2 rings (SSSR count). The van der Waals surface area contributed by atoms with E-state index in [-0.39, 0.29) is 5.91 Å². The van der Waals surface area contributed by atoms with Crippen LogP contribution in [0.2, 0.25) is 0 Å². The molecule has 0 atom stereocenters. The van der Waals surface area contributed by atoms with Crippen LogP contribution in [-0.2, 0) is 0 Å². The van der Waals surface area contributed by atoms with Gasteiger partial charge < -0.3 is 10.6 Å². The summed E-state index contributed by atoms with van der Waals surface area (Å²) >= 11 is 3.37. The van der Waals surface area contributed by atoms with Crippen LogP contribution in [0.25, 0.3) is 0 Å². The summed E-state index contributed by atoms with van der Waals surface area (Å²) in [5.41, 5.74) is 7.41. The van der Waals surface area contributed by atoms with Gasteiger partial charge in [0.1, 0.15) is 0 Å². The van der Waals surface area contributed by atoms with Crippen LogP contribution in [0.15, 0.2) is 22.7 Å². The van der Waals surface area contributed by atoms with E-state index in [4.69, 9.17) is 5.73 Å². The minimum absolute atomic E-state index is 0.0819. The van der Waals surface area contributed by atoms with Crippen molar-refractivity contribution >= 4 is 27.5 Å². The molecule has 0 spiro atoms.